The second-order valence-electron chi connectivity index (χ2n) is 7.26. The van der Waals surface area contributed by atoms with Gasteiger partial charge in [-0.1, -0.05) is 25.0 Å². The summed E-state index contributed by atoms with van der Waals surface area (Å²) < 4.78 is 0. The molecular weight excluding hydrogens is 314 g/mol. The van der Waals surface area contributed by atoms with Crippen LogP contribution in [0.15, 0.2) is 24.3 Å². The molecule has 0 bridgehead atoms. The van der Waals surface area contributed by atoms with Crippen LogP contribution < -0.4 is 5.32 Å². The van der Waals surface area contributed by atoms with E-state index in [1.165, 1.54) is 12.8 Å². The summed E-state index contributed by atoms with van der Waals surface area (Å²) in [5.41, 5.74) is 1.77. The molecule has 0 aromatic heterocycles. The third kappa shape index (κ3) is 4.60. The number of rotatable bonds is 4. The van der Waals surface area contributed by atoms with Crippen LogP contribution in [0.25, 0.3) is 0 Å². The molecule has 1 aromatic rings. The quantitative estimate of drug-likeness (QED) is 0.913. The third-order valence-electron chi connectivity index (χ3n) is 5.38. The van der Waals surface area contributed by atoms with Crippen molar-refractivity contribution in [3.8, 4) is 0 Å². The van der Waals surface area contributed by atoms with Crippen molar-refractivity contribution in [1.29, 1.82) is 0 Å². The molecule has 136 valence electrons. The van der Waals surface area contributed by atoms with E-state index in [1.807, 2.05) is 36.2 Å². The van der Waals surface area contributed by atoms with Gasteiger partial charge in [0.15, 0.2) is 0 Å². The van der Waals surface area contributed by atoms with Crippen molar-refractivity contribution in [3.63, 3.8) is 0 Å². The maximum atomic E-state index is 12.5. The minimum absolute atomic E-state index is 0.0153. The predicted molar refractivity (Wildman–Crippen MR) is 98.3 cm³/mol. The maximum absolute atomic E-state index is 12.5. The second-order valence-corrected chi connectivity index (χ2v) is 7.26. The van der Waals surface area contributed by atoms with Gasteiger partial charge in [0, 0.05) is 25.2 Å². The molecule has 1 aromatic carbocycles. The number of hydrogen-bond acceptors (Lipinski definition) is 3. The standard InChI is InChI=1S/C20H29N3O2/c1-22-12-4-2-3-7-18(22)19(24)21-15-16-8-10-17(11-9-16)20(25)23-13-5-6-14-23/h8-11,18H,2-7,12-15H2,1H3,(H,21,24)/t18-/m0/s1. The molecule has 0 spiro atoms. The maximum Gasteiger partial charge on any atom is 0.253 e. The SMILES string of the molecule is CN1CCCCC[C@H]1C(=O)NCc1ccc(C(=O)N2CCCC2)cc1. The van der Waals surface area contributed by atoms with E-state index in [1.54, 1.807) is 0 Å². The highest BCUT2D eigenvalue weighted by Crippen LogP contribution is 2.16. The Bertz CT molecular complexity index is 593. The van der Waals surface area contributed by atoms with Crippen LogP contribution in [0, 0.1) is 0 Å². The van der Waals surface area contributed by atoms with Crippen molar-refractivity contribution < 1.29 is 9.59 Å². The zero-order chi connectivity index (χ0) is 17.6. The van der Waals surface area contributed by atoms with E-state index in [-0.39, 0.29) is 17.9 Å². The van der Waals surface area contributed by atoms with E-state index >= 15 is 0 Å². The first-order valence-corrected chi connectivity index (χ1v) is 9.51. The molecule has 2 aliphatic heterocycles. The van der Waals surface area contributed by atoms with Crippen LogP contribution >= 0.6 is 0 Å². The number of amides is 2. The van der Waals surface area contributed by atoms with Crippen LogP contribution in [0.1, 0.15) is 54.4 Å². The average molecular weight is 343 g/mol. The highest BCUT2D eigenvalue weighted by molar-refractivity contribution is 5.94. The van der Waals surface area contributed by atoms with E-state index in [2.05, 4.69) is 10.2 Å². The van der Waals surface area contributed by atoms with Crippen LogP contribution in [0.5, 0.6) is 0 Å². The molecule has 2 heterocycles. The summed E-state index contributed by atoms with van der Waals surface area (Å²) in [6.07, 6.45) is 6.64. The lowest BCUT2D eigenvalue weighted by Gasteiger charge is -2.24. The first kappa shape index (κ1) is 17.9. The smallest absolute Gasteiger partial charge is 0.253 e. The summed E-state index contributed by atoms with van der Waals surface area (Å²) >= 11 is 0. The van der Waals surface area contributed by atoms with Gasteiger partial charge in [0.2, 0.25) is 5.91 Å². The Morgan fingerprint density at radius 1 is 1.00 bits per heavy atom. The Morgan fingerprint density at radius 3 is 2.40 bits per heavy atom. The average Bonchev–Trinajstić information content (AvgIpc) is 3.08. The molecule has 0 unspecified atom stereocenters. The number of hydrogen-bond donors (Lipinski definition) is 1. The number of nitrogens with one attached hydrogen (secondary N) is 1. The summed E-state index contributed by atoms with van der Waals surface area (Å²) in [6, 6.07) is 7.62. The van der Waals surface area contributed by atoms with Gasteiger partial charge in [-0.05, 0) is 57.0 Å². The van der Waals surface area contributed by atoms with E-state index in [0.717, 1.165) is 56.4 Å². The molecule has 2 fully saturated rings. The van der Waals surface area contributed by atoms with Gasteiger partial charge in [-0.15, -0.1) is 0 Å². The fourth-order valence-electron chi connectivity index (χ4n) is 3.76. The number of likely N-dealkylation sites (tertiary alicyclic amines) is 2. The molecule has 5 heteroatoms. The predicted octanol–water partition coefficient (Wildman–Crippen LogP) is 2.41. The lowest BCUT2D eigenvalue weighted by molar-refractivity contribution is -0.126. The number of likely N-dealkylation sites (N-methyl/N-ethyl adjacent to an activating group) is 1. The summed E-state index contributed by atoms with van der Waals surface area (Å²) in [6.45, 7) is 3.24. The molecule has 1 N–H and O–H groups in total. The molecule has 1 atom stereocenters. The first-order chi connectivity index (χ1) is 12.1. The normalized spacial score (nSPS) is 21.8. The molecule has 5 nitrogen and oxygen atoms in total. The highest BCUT2D eigenvalue weighted by Gasteiger charge is 2.24. The van der Waals surface area contributed by atoms with Crippen molar-refractivity contribution in [1.82, 2.24) is 15.1 Å². The Labute approximate surface area is 150 Å². The molecular formula is C20H29N3O2. The van der Waals surface area contributed by atoms with Crippen LogP contribution in [0.2, 0.25) is 0 Å². The lowest BCUT2D eigenvalue weighted by Crippen LogP contribution is -2.44. The van der Waals surface area contributed by atoms with Crippen LogP contribution in [-0.2, 0) is 11.3 Å². The van der Waals surface area contributed by atoms with Crippen molar-refractivity contribution in [3.05, 3.63) is 35.4 Å². The fraction of sp³-hybridized carbons (Fsp3) is 0.600. The molecule has 0 saturated carbocycles. The number of nitrogens with zero attached hydrogens (tertiary/aromatic N) is 2. The van der Waals surface area contributed by atoms with Crippen LogP contribution in [0.4, 0.5) is 0 Å². The number of carbonyl (C=O) groups excluding carboxylic acids is 2. The Balaban J connectivity index is 1.52. The zero-order valence-electron chi connectivity index (χ0n) is 15.2. The summed E-state index contributed by atoms with van der Waals surface area (Å²) in [7, 11) is 2.04. The summed E-state index contributed by atoms with van der Waals surface area (Å²) in [4.78, 5) is 28.9. The van der Waals surface area contributed by atoms with E-state index < -0.39 is 0 Å². The minimum Gasteiger partial charge on any atom is -0.351 e. The minimum atomic E-state index is -0.0153. The first-order valence-electron chi connectivity index (χ1n) is 9.51. The Hall–Kier alpha value is -1.88. The Kier molecular flexibility index (Phi) is 6.08. The zero-order valence-corrected chi connectivity index (χ0v) is 15.2. The lowest BCUT2D eigenvalue weighted by atomic mass is 10.1. The molecule has 2 aliphatic rings. The van der Waals surface area contributed by atoms with Gasteiger partial charge in [0.25, 0.3) is 5.91 Å². The van der Waals surface area contributed by atoms with Gasteiger partial charge >= 0.3 is 0 Å². The molecule has 3 rings (SSSR count). The van der Waals surface area contributed by atoms with E-state index in [9.17, 15) is 9.59 Å². The number of carbonyl (C=O) groups is 2. The van der Waals surface area contributed by atoms with Gasteiger partial charge in [-0.2, -0.15) is 0 Å². The summed E-state index contributed by atoms with van der Waals surface area (Å²) in [5.74, 6) is 0.231. The summed E-state index contributed by atoms with van der Waals surface area (Å²) in [5, 5.41) is 3.05. The van der Waals surface area contributed by atoms with Gasteiger partial charge in [0.1, 0.15) is 0 Å². The molecule has 25 heavy (non-hydrogen) atoms. The van der Waals surface area contributed by atoms with Gasteiger partial charge in [-0.3, -0.25) is 14.5 Å². The Morgan fingerprint density at radius 2 is 1.68 bits per heavy atom. The number of benzene rings is 1. The van der Waals surface area contributed by atoms with Gasteiger partial charge in [-0.25, -0.2) is 0 Å². The van der Waals surface area contributed by atoms with Crippen molar-refractivity contribution in [2.75, 3.05) is 26.7 Å². The second kappa shape index (κ2) is 8.48. The van der Waals surface area contributed by atoms with Crippen molar-refractivity contribution >= 4 is 11.8 Å². The van der Waals surface area contributed by atoms with Crippen LogP contribution in [-0.4, -0.2) is 54.3 Å². The largest absolute Gasteiger partial charge is 0.351 e. The van der Waals surface area contributed by atoms with Crippen molar-refractivity contribution in [2.45, 2.75) is 51.1 Å². The fourth-order valence-corrected chi connectivity index (χ4v) is 3.76. The van der Waals surface area contributed by atoms with Crippen molar-refractivity contribution in [2.24, 2.45) is 0 Å². The van der Waals surface area contributed by atoms with Gasteiger partial charge < -0.3 is 10.2 Å². The monoisotopic (exact) mass is 343 g/mol. The molecule has 0 radical (unpaired) electrons. The molecule has 2 saturated heterocycles. The third-order valence-corrected chi connectivity index (χ3v) is 5.38. The highest BCUT2D eigenvalue weighted by atomic mass is 16.2. The van der Waals surface area contributed by atoms with E-state index in [0.29, 0.717) is 6.54 Å². The van der Waals surface area contributed by atoms with Crippen LogP contribution in [0.3, 0.4) is 0 Å². The van der Waals surface area contributed by atoms with E-state index in [4.69, 9.17) is 0 Å². The molecule has 2 amide bonds. The van der Waals surface area contributed by atoms with Gasteiger partial charge in [0.05, 0.1) is 6.04 Å². The topological polar surface area (TPSA) is 52.7 Å². The molecule has 0 aliphatic carbocycles.